The first-order chi connectivity index (χ1) is 14.4. The van der Waals surface area contributed by atoms with Crippen LogP contribution in [0.25, 0.3) is 0 Å². The van der Waals surface area contributed by atoms with E-state index in [9.17, 15) is 17.6 Å². The summed E-state index contributed by atoms with van der Waals surface area (Å²) < 4.78 is 37.8. The van der Waals surface area contributed by atoms with Crippen molar-refractivity contribution >= 4 is 49.7 Å². The minimum absolute atomic E-state index is 0.0381. The first-order valence-corrected chi connectivity index (χ1v) is 13.5. The van der Waals surface area contributed by atoms with Gasteiger partial charge in [0.1, 0.15) is 5.82 Å². The van der Waals surface area contributed by atoms with E-state index in [0.29, 0.717) is 21.6 Å². The minimum atomic E-state index is -3.06. The molecule has 11 heteroatoms. The molecule has 4 rings (SSSR count). The average Bonchev–Trinajstić information content (AvgIpc) is 3.43. The van der Waals surface area contributed by atoms with Crippen molar-refractivity contribution in [3.8, 4) is 0 Å². The quantitative estimate of drug-likeness (QED) is 0.620. The molecule has 1 N–H and O–H groups in total. The molecule has 2 heterocycles. The smallest absolute Gasteiger partial charge is 0.233 e. The van der Waals surface area contributed by atoms with Crippen LogP contribution in [0.4, 0.5) is 15.2 Å². The molecule has 162 valence electrons. The van der Waals surface area contributed by atoms with Gasteiger partial charge in [-0.15, -0.1) is 10.2 Å². The summed E-state index contributed by atoms with van der Waals surface area (Å²) in [6.45, 7) is 0. The van der Waals surface area contributed by atoms with Crippen LogP contribution >= 0.6 is 23.1 Å². The number of hydrogen-bond acceptors (Lipinski definition) is 8. The van der Waals surface area contributed by atoms with Gasteiger partial charge in [-0.2, -0.15) is 0 Å². The molecule has 0 bridgehead atoms. The lowest BCUT2D eigenvalue weighted by atomic mass is 10.1. The van der Waals surface area contributed by atoms with E-state index >= 15 is 0 Å². The molecule has 1 aromatic heterocycles. The molecule has 2 fully saturated rings. The number of nitrogens with zero attached hydrogens (tertiary/aromatic N) is 3. The minimum Gasteiger partial charge on any atom is -0.335 e. The molecule has 0 spiro atoms. The van der Waals surface area contributed by atoms with Gasteiger partial charge in [0, 0.05) is 17.8 Å². The number of benzene rings is 1. The zero-order chi connectivity index (χ0) is 21.1. The summed E-state index contributed by atoms with van der Waals surface area (Å²) in [5, 5.41) is 11.7. The molecule has 1 atom stereocenters. The first-order valence-electron chi connectivity index (χ1n) is 9.90. The van der Waals surface area contributed by atoms with Crippen molar-refractivity contribution in [2.24, 2.45) is 0 Å². The van der Waals surface area contributed by atoms with Crippen molar-refractivity contribution in [1.29, 1.82) is 0 Å². The van der Waals surface area contributed by atoms with Crippen LogP contribution in [0, 0.1) is 5.82 Å². The zero-order valence-electron chi connectivity index (χ0n) is 16.3. The third kappa shape index (κ3) is 5.30. The lowest BCUT2D eigenvalue weighted by Gasteiger charge is -2.34. The Hall–Kier alpha value is -1.72. The number of amides is 1. The summed E-state index contributed by atoms with van der Waals surface area (Å²) in [4.78, 5) is 14.9. The van der Waals surface area contributed by atoms with Crippen molar-refractivity contribution < 1.29 is 17.6 Å². The Kier molecular flexibility index (Phi) is 6.59. The molecule has 1 saturated heterocycles. The Labute approximate surface area is 183 Å². The molecular formula is C19H23FN4O3S3. The highest BCUT2D eigenvalue weighted by molar-refractivity contribution is 8.01. The fraction of sp³-hybridized carbons (Fsp3) is 0.526. The number of thioether (sulfide) groups is 1. The van der Waals surface area contributed by atoms with Gasteiger partial charge in [0.15, 0.2) is 14.2 Å². The number of anilines is 2. The Balaban J connectivity index is 1.38. The predicted octanol–water partition coefficient (Wildman–Crippen LogP) is 3.47. The van der Waals surface area contributed by atoms with E-state index in [4.69, 9.17) is 0 Å². The number of carbonyl (C=O) groups excluding carboxylic acids is 1. The number of sulfone groups is 1. The number of halogens is 1. The summed E-state index contributed by atoms with van der Waals surface area (Å²) in [5.41, 5.74) is 0.577. The van der Waals surface area contributed by atoms with Crippen molar-refractivity contribution in [1.82, 2.24) is 15.1 Å². The van der Waals surface area contributed by atoms with E-state index in [-0.39, 0.29) is 41.1 Å². The van der Waals surface area contributed by atoms with Gasteiger partial charge in [0.05, 0.1) is 17.3 Å². The van der Waals surface area contributed by atoms with Gasteiger partial charge in [-0.05, 0) is 37.5 Å². The van der Waals surface area contributed by atoms with Gasteiger partial charge in [-0.1, -0.05) is 42.0 Å². The maximum atomic E-state index is 13.3. The summed E-state index contributed by atoms with van der Waals surface area (Å²) in [5.74, 6) is 0.0454. The van der Waals surface area contributed by atoms with Crippen LogP contribution in [0.3, 0.4) is 0 Å². The van der Waals surface area contributed by atoms with Crippen LogP contribution in [0.1, 0.15) is 32.1 Å². The average molecular weight is 471 g/mol. The van der Waals surface area contributed by atoms with Crippen molar-refractivity contribution in [3.63, 3.8) is 0 Å². The Morgan fingerprint density at radius 3 is 2.73 bits per heavy atom. The summed E-state index contributed by atoms with van der Waals surface area (Å²) in [6.07, 6.45) is 4.55. The molecule has 1 amide bonds. The molecule has 2 aliphatic rings. The number of carbonyl (C=O) groups is 1. The molecule has 1 saturated carbocycles. The molecule has 1 aliphatic heterocycles. The third-order valence-corrected chi connectivity index (χ3v) is 9.12. The molecule has 0 radical (unpaired) electrons. The van der Waals surface area contributed by atoms with Gasteiger partial charge in [-0.25, -0.2) is 12.8 Å². The topological polar surface area (TPSA) is 92.3 Å². The van der Waals surface area contributed by atoms with E-state index in [1.165, 1.54) is 35.2 Å². The van der Waals surface area contributed by atoms with Gasteiger partial charge in [0.25, 0.3) is 0 Å². The largest absolute Gasteiger partial charge is 0.335 e. The van der Waals surface area contributed by atoms with Crippen LogP contribution in [0.5, 0.6) is 0 Å². The van der Waals surface area contributed by atoms with Gasteiger partial charge in [-0.3, -0.25) is 4.79 Å². The maximum absolute atomic E-state index is 13.3. The number of aromatic nitrogens is 2. The van der Waals surface area contributed by atoms with Crippen molar-refractivity contribution in [2.75, 3.05) is 22.6 Å². The molecule has 2 aromatic rings. The van der Waals surface area contributed by atoms with Crippen LogP contribution in [0.2, 0.25) is 0 Å². The lowest BCUT2D eigenvalue weighted by Crippen LogP contribution is -2.47. The predicted molar refractivity (Wildman–Crippen MR) is 116 cm³/mol. The maximum Gasteiger partial charge on any atom is 0.233 e. The second-order valence-electron chi connectivity index (χ2n) is 7.59. The van der Waals surface area contributed by atoms with Crippen LogP contribution in [-0.2, 0) is 14.6 Å². The molecule has 0 unspecified atom stereocenters. The van der Waals surface area contributed by atoms with Gasteiger partial charge in [0.2, 0.25) is 11.0 Å². The second-order valence-corrected chi connectivity index (χ2v) is 12.0. The third-order valence-electron chi connectivity index (χ3n) is 5.41. The SMILES string of the molecule is O=C(CSc1nnc(Nc2cccc(F)c2)s1)N(C1CCCC1)[C@@H]1CCS(=O)(=O)C1. The van der Waals surface area contributed by atoms with Crippen LogP contribution in [0.15, 0.2) is 28.6 Å². The van der Waals surface area contributed by atoms with Crippen molar-refractivity contribution in [2.45, 2.75) is 48.5 Å². The molecule has 1 aliphatic carbocycles. The summed E-state index contributed by atoms with van der Waals surface area (Å²) in [6, 6.07) is 5.99. The number of rotatable bonds is 7. The zero-order valence-corrected chi connectivity index (χ0v) is 18.7. The van der Waals surface area contributed by atoms with E-state index < -0.39 is 9.84 Å². The standard InChI is InChI=1S/C19H23FN4O3S3/c20-13-4-3-5-14(10-13)21-18-22-23-19(29-18)28-11-17(25)24(15-6-1-2-7-15)16-8-9-30(26,27)12-16/h3-5,10,15-16H,1-2,6-9,11-12H2,(H,21,22)/t16-/m1/s1. The van der Waals surface area contributed by atoms with E-state index in [2.05, 4.69) is 15.5 Å². The van der Waals surface area contributed by atoms with Gasteiger partial charge < -0.3 is 10.2 Å². The first kappa shape index (κ1) is 21.5. The van der Waals surface area contributed by atoms with Crippen molar-refractivity contribution in [3.05, 3.63) is 30.1 Å². The highest BCUT2D eigenvalue weighted by atomic mass is 32.2. The number of hydrogen-bond donors (Lipinski definition) is 1. The molecule has 30 heavy (non-hydrogen) atoms. The van der Waals surface area contributed by atoms with E-state index in [1.54, 1.807) is 12.1 Å². The Morgan fingerprint density at radius 2 is 2.03 bits per heavy atom. The highest BCUT2D eigenvalue weighted by Gasteiger charge is 2.38. The Bertz CT molecular complexity index is 1010. The fourth-order valence-corrected chi connectivity index (χ4v) is 7.44. The van der Waals surface area contributed by atoms with Gasteiger partial charge >= 0.3 is 0 Å². The highest BCUT2D eigenvalue weighted by Crippen LogP contribution is 2.32. The fourth-order valence-electron chi connectivity index (χ4n) is 4.09. The monoisotopic (exact) mass is 470 g/mol. The normalized spacial score (nSPS) is 21.0. The summed E-state index contributed by atoms with van der Waals surface area (Å²) in [7, 11) is -3.06. The second kappa shape index (κ2) is 9.19. The molecular weight excluding hydrogens is 447 g/mol. The molecule has 7 nitrogen and oxygen atoms in total. The Morgan fingerprint density at radius 1 is 1.23 bits per heavy atom. The van der Waals surface area contributed by atoms with E-state index in [1.807, 2.05) is 4.90 Å². The van der Waals surface area contributed by atoms with E-state index in [0.717, 1.165) is 25.7 Å². The van der Waals surface area contributed by atoms with Crippen LogP contribution < -0.4 is 5.32 Å². The lowest BCUT2D eigenvalue weighted by molar-refractivity contribution is -0.132. The number of nitrogens with one attached hydrogen (secondary N) is 1. The molecule has 1 aromatic carbocycles. The summed E-state index contributed by atoms with van der Waals surface area (Å²) >= 11 is 2.59. The van der Waals surface area contributed by atoms with Crippen LogP contribution in [-0.4, -0.2) is 58.8 Å².